The Hall–Kier alpha value is -4.31. The zero-order chi connectivity index (χ0) is 42.7. The molecule has 1 N–H and O–H groups in total. The van der Waals surface area contributed by atoms with Crippen molar-refractivity contribution in [2.24, 2.45) is 24.3 Å². The van der Waals surface area contributed by atoms with Crippen LogP contribution < -0.4 is 14.8 Å². The molecule has 2 bridgehead atoms. The molecule has 1 aromatic carbocycles. The lowest BCUT2D eigenvalue weighted by Gasteiger charge is -2.64. The second kappa shape index (κ2) is 15.4. The molecule has 2 aliphatic heterocycles. The third kappa shape index (κ3) is 9.43. The Kier molecular flexibility index (Phi) is 11.5. The molecule has 5 fully saturated rings. The molecule has 15 nitrogen and oxygen atoms in total. The number of aromatic nitrogens is 2. The van der Waals surface area contributed by atoms with Crippen LogP contribution >= 0.6 is 0 Å². The van der Waals surface area contributed by atoms with Crippen molar-refractivity contribution in [3.8, 4) is 11.5 Å². The monoisotopic (exact) mass is 808 g/mol. The van der Waals surface area contributed by atoms with Gasteiger partial charge < -0.3 is 47.8 Å². The number of hydrogen-bond donors (Lipinski definition) is 1. The zero-order valence-corrected chi connectivity index (χ0v) is 36.3. The van der Waals surface area contributed by atoms with Gasteiger partial charge in [0.05, 0.1) is 36.8 Å². The summed E-state index contributed by atoms with van der Waals surface area (Å²) in [6.45, 7) is 22.6. The highest BCUT2D eigenvalue weighted by Crippen LogP contribution is 2.65. The molecule has 7 rings (SSSR count). The highest BCUT2D eigenvalue weighted by molar-refractivity contribution is 6.45. The van der Waals surface area contributed by atoms with E-state index >= 15 is 0 Å². The van der Waals surface area contributed by atoms with E-state index in [1.807, 2.05) is 0 Å². The molecule has 1 aromatic heterocycles. The lowest BCUT2D eigenvalue weighted by atomic mass is 9.43. The first-order chi connectivity index (χ1) is 26.7. The van der Waals surface area contributed by atoms with Crippen molar-refractivity contribution in [1.29, 1.82) is 0 Å². The highest BCUT2D eigenvalue weighted by atomic mass is 16.7. The predicted molar refractivity (Wildman–Crippen MR) is 213 cm³/mol. The van der Waals surface area contributed by atoms with Gasteiger partial charge in [-0.2, -0.15) is 0 Å². The standard InChI is InChI=1S/C42H61BN4O11/c1-38(2,3)54-35(49)31-28(52-26-20-47(21-26)34(48)32(27-22-46(13)23-44-27)45-36(50)55-39(4,5)6)15-14-24(33(31)53-37(51)56-40(7,8)9)16-17-43-57-30-19-25-18-29(41(25,10)11)42(30,12)58-43/h14-15,22-23,25-26,29-30,32H,16-21H2,1-13H3,(H,45,50)/t25-,29-,30+,32?,42-/m0/s1. The molecule has 3 heterocycles. The van der Waals surface area contributed by atoms with E-state index in [1.54, 1.807) is 92.3 Å². The van der Waals surface area contributed by atoms with E-state index < -0.39 is 60.2 Å². The van der Waals surface area contributed by atoms with Crippen LogP contribution in [0.3, 0.4) is 0 Å². The van der Waals surface area contributed by atoms with Crippen molar-refractivity contribution in [2.75, 3.05) is 13.1 Å². The summed E-state index contributed by atoms with van der Waals surface area (Å²) in [4.78, 5) is 59.8. The molecule has 5 aliphatic rings. The molecule has 0 spiro atoms. The van der Waals surface area contributed by atoms with Crippen molar-refractivity contribution in [2.45, 2.75) is 149 Å². The molecule has 1 unspecified atom stereocenters. The Bertz CT molecular complexity index is 1900. The number of rotatable bonds is 10. The molecule has 3 aliphatic carbocycles. The fourth-order valence-corrected chi connectivity index (χ4v) is 8.57. The number of aryl methyl sites for hydroxylation is 2. The van der Waals surface area contributed by atoms with E-state index in [1.165, 1.54) is 11.2 Å². The molecule has 318 valence electrons. The summed E-state index contributed by atoms with van der Waals surface area (Å²) in [5, 5.41) is 2.66. The Morgan fingerprint density at radius 2 is 1.60 bits per heavy atom. The molecule has 0 radical (unpaired) electrons. The quantitative estimate of drug-likeness (QED) is 0.115. The number of carbonyl (C=O) groups excluding carboxylic acids is 4. The molecular formula is C42H61BN4O11. The number of likely N-dealkylation sites (tertiary alicyclic amines) is 1. The maximum Gasteiger partial charge on any atom is 0.514 e. The van der Waals surface area contributed by atoms with E-state index in [-0.39, 0.29) is 47.3 Å². The Labute approximate surface area is 342 Å². The summed E-state index contributed by atoms with van der Waals surface area (Å²) < 4.78 is 44.0. The van der Waals surface area contributed by atoms with Gasteiger partial charge in [-0.1, -0.05) is 19.9 Å². The van der Waals surface area contributed by atoms with Crippen LogP contribution in [0, 0.1) is 17.3 Å². The Balaban J connectivity index is 1.24. The lowest BCUT2D eigenvalue weighted by molar-refractivity contribution is -0.199. The van der Waals surface area contributed by atoms with Gasteiger partial charge in [-0.3, -0.25) is 4.79 Å². The predicted octanol–water partition coefficient (Wildman–Crippen LogP) is 6.82. The first-order valence-electron chi connectivity index (χ1n) is 20.3. The third-order valence-corrected chi connectivity index (χ3v) is 11.4. The van der Waals surface area contributed by atoms with Gasteiger partial charge in [0.25, 0.3) is 5.91 Å². The summed E-state index contributed by atoms with van der Waals surface area (Å²) in [6.07, 6.45) is 3.73. The number of imidazole rings is 1. The minimum Gasteiger partial charge on any atom is -0.486 e. The van der Waals surface area contributed by atoms with E-state index in [0.29, 0.717) is 35.8 Å². The van der Waals surface area contributed by atoms with Gasteiger partial charge in [0.15, 0.2) is 11.8 Å². The molecule has 5 atom stereocenters. The maximum atomic E-state index is 14.1. The topological polar surface area (TPSA) is 166 Å². The Morgan fingerprint density at radius 1 is 0.948 bits per heavy atom. The number of ether oxygens (including phenoxy) is 5. The number of alkyl carbamates (subject to hydrolysis) is 1. The van der Waals surface area contributed by atoms with Gasteiger partial charge in [0.2, 0.25) is 0 Å². The summed E-state index contributed by atoms with van der Waals surface area (Å²) >= 11 is 0. The van der Waals surface area contributed by atoms with Crippen molar-refractivity contribution in [3.05, 3.63) is 41.5 Å². The number of amides is 2. The van der Waals surface area contributed by atoms with E-state index in [9.17, 15) is 19.2 Å². The molecule has 58 heavy (non-hydrogen) atoms. The molecule has 2 aromatic rings. The van der Waals surface area contributed by atoms with Crippen molar-refractivity contribution in [1.82, 2.24) is 19.8 Å². The molecule has 3 saturated carbocycles. The van der Waals surface area contributed by atoms with E-state index in [2.05, 4.69) is 31.1 Å². The van der Waals surface area contributed by atoms with Crippen LogP contribution in [0.5, 0.6) is 11.5 Å². The second-order valence-corrected chi connectivity index (χ2v) is 20.0. The number of hydrogen-bond acceptors (Lipinski definition) is 12. The van der Waals surface area contributed by atoms with Crippen LogP contribution in [0.1, 0.15) is 124 Å². The maximum absolute atomic E-state index is 14.1. The molecular weight excluding hydrogens is 747 g/mol. The fraction of sp³-hybridized carbons (Fsp3) is 0.690. The number of nitrogens with one attached hydrogen (secondary N) is 1. The average molecular weight is 809 g/mol. The minimum absolute atomic E-state index is 0.00103. The summed E-state index contributed by atoms with van der Waals surface area (Å²) in [5.41, 5.74) is -1.96. The molecule has 2 amide bonds. The van der Waals surface area contributed by atoms with Crippen LogP contribution in [0.25, 0.3) is 0 Å². The van der Waals surface area contributed by atoms with Gasteiger partial charge in [0, 0.05) is 13.2 Å². The minimum atomic E-state index is -1.11. The van der Waals surface area contributed by atoms with Crippen molar-refractivity contribution in [3.63, 3.8) is 0 Å². The van der Waals surface area contributed by atoms with Crippen LogP contribution in [0.15, 0.2) is 24.7 Å². The summed E-state index contributed by atoms with van der Waals surface area (Å²) in [7, 11) is 1.27. The van der Waals surface area contributed by atoms with Gasteiger partial charge in [-0.25, -0.2) is 19.4 Å². The van der Waals surface area contributed by atoms with Gasteiger partial charge in [-0.15, -0.1) is 0 Å². The molecule has 2 saturated heterocycles. The van der Waals surface area contributed by atoms with Crippen LogP contribution in [-0.4, -0.2) is 93.4 Å². The average Bonchev–Trinajstić information content (AvgIpc) is 3.63. The Morgan fingerprint density at radius 3 is 2.19 bits per heavy atom. The normalized spacial score (nSPS) is 24.5. The van der Waals surface area contributed by atoms with Gasteiger partial charge in [0.1, 0.15) is 34.2 Å². The number of nitrogens with zero attached hydrogens (tertiary/aromatic N) is 3. The zero-order valence-electron chi connectivity index (χ0n) is 36.3. The first-order valence-corrected chi connectivity index (χ1v) is 20.3. The van der Waals surface area contributed by atoms with E-state index in [0.717, 1.165) is 12.8 Å². The molecule has 16 heteroatoms. The second-order valence-electron chi connectivity index (χ2n) is 20.0. The van der Waals surface area contributed by atoms with Gasteiger partial charge in [-0.05, 0) is 124 Å². The number of esters is 1. The van der Waals surface area contributed by atoms with Gasteiger partial charge >= 0.3 is 25.3 Å². The SMILES string of the molecule is Cn1cnc(C(NC(=O)OC(C)(C)C)C(=O)N2CC(Oc3ccc(CCB4O[C@@H]5C[C@@H]6C[C@@H](C6(C)C)[C@]5(C)O4)c(OC(=O)OC(C)(C)C)c3C(=O)OC(C)(C)C)C2)c1. The number of carbonyl (C=O) groups is 4. The fourth-order valence-electron chi connectivity index (χ4n) is 8.57. The summed E-state index contributed by atoms with van der Waals surface area (Å²) in [5.74, 6) is -0.110. The van der Waals surface area contributed by atoms with Crippen LogP contribution in [0.4, 0.5) is 9.59 Å². The summed E-state index contributed by atoms with van der Waals surface area (Å²) in [6, 6.07) is 2.28. The largest absolute Gasteiger partial charge is 0.514 e. The van der Waals surface area contributed by atoms with E-state index in [4.69, 9.17) is 33.0 Å². The van der Waals surface area contributed by atoms with Crippen molar-refractivity contribution < 1.29 is 52.2 Å². The first kappa shape index (κ1) is 43.3. The lowest BCUT2D eigenvalue weighted by Crippen LogP contribution is -2.65. The van der Waals surface area contributed by atoms with Crippen LogP contribution in [0.2, 0.25) is 6.32 Å². The number of benzene rings is 1. The van der Waals surface area contributed by atoms with Crippen LogP contribution in [-0.2, 0) is 41.8 Å². The third-order valence-electron chi connectivity index (χ3n) is 11.4. The smallest absolute Gasteiger partial charge is 0.486 e. The van der Waals surface area contributed by atoms with Crippen molar-refractivity contribution >= 4 is 31.2 Å². The highest BCUT2D eigenvalue weighted by Gasteiger charge is 2.67.